The van der Waals surface area contributed by atoms with Gasteiger partial charge >= 0.3 is 0 Å². The summed E-state index contributed by atoms with van der Waals surface area (Å²) in [6.07, 6.45) is 5.57. The first-order chi connectivity index (χ1) is 10.5. The molecule has 0 saturated heterocycles. The van der Waals surface area contributed by atoms with Crippen LogP contribution in [0.15, 0.2) is 24.3 Å². The monoisotopic (exact) mass is 320 g/mol. The number of aliphatic hydroxyl groups is 2. The number of allylic oxidation sites excluding steroid dienone is 2. The molecule has 2 aliphatic carbocycles. The Hall–Kier alpha value is -0.930. The van der Waals surface area contributed by atoms with Crippen LogP contribution in [0.25, 0.3) is 0 Å². The molecule has 3 nitrogen and oxygen atoms in total. The molecule has 0 aromatic rings. The third kappa shape index (κ3) is 3.06. The topological polar surface area (TPSA) is 57.5 Å². The summed E-state index contributed by atoms with van der Waals surface area (Å²) >= 11 is 0. The number of ketones is 1. The first-order valence-corrected chi connectivity index (χ1v) is 8.72. The summed E-state index contributed by atoms with van der Waals surface area (Å²) in [5.41, 5.74) is -0.156. The van der Waals surface area contributed by atoms with Crippen LogP contribution in [0, 0.1) is 22.7 Å². The molecule has 0 amide bonds. The van der Waals surface area contributed by atoms with Crippen molar-refractivity contribution in [1.29, 1.82) is 0 Å². The Labute approximate surface area is 140 Å². The second-order valence-corrected chi connectivity index (χ2v) is 8.60. The highest BCUT2D eigenvalue weighted by Gasteiger charge is 2.57. The fourth-order valence-electron chi connectivity index (χ4n) is 4.83. The maximum Gasteiger partial charge on any atom is 0.155 e. The van der Waals surface area contributed by atoms with E-state index in [1.165, 1.54) is 0 Å². The largest absolute Gasteiger partial charge is 0.393 e. The summed E-state index contributed by atoms with van der Waals surface area (Å²) < 4.78 is 0. The molecule has 2 N–H and O–H groups in total. The van der Waals surface area contributed by atoms with Crippen molar-refractivity contribution in [1.82, 2.24) is 0 Å². The Morgan fingerprint density at radius 3 is 2.65 bits per heavy atom. The number of hydrogen-bond acceptors (Lipinski definition) is 3. The van der Waals surface area contributed by atoms with Crippen LogP contribution in [-0.4, -0.2) is 27.7 Å². The van der Waals surface area contributed by atoms with Crippen molar-refractivity contribution in [3.8, 4) is 0 Å². The Morgan fingerprint density at radius 2 is 2.09 bits per heavy atom. The fraction of sp³-hybridized carbons (Fsp3) is 0.750. The molecule has 130 valence electrons. The molecule has 23 heavy (non-hydrogen) atoms. The highest BCUT2D eigenvalue weighted by atomic mass is 16.3. The van der Waals surface area contributed by atoms with Gasteiger partial charge in [-0.2, -0.15) is 0 Å². The molecule has 0 aromatic carbocycles. The van der Waals surface area contributed by atoms with E-state index >= 15 is 0 Å². The lowest BCUT2D eigenvalue weighted by atomic mass is 9.46. The molecule has 2 rings (SSSR count). The molecule has 1 fully saturated rings. The van der Waals surface area contributed by atoms with Crippen LogP contribution >= 0.6 is 0 Å². The molecular weight excluding hydrogens is 288 g/mol. The number of fused-ring (bicyclic) bond motifs is 1. The number of carbonyl (C=O) groups is 1. The zero-order valence-electron chi connectivity index (χ0n) is 15.2. The summed E-state index contributed by atoms with van der Waals surface area (Å²) in [5.74, 6) is 0.488. The van der Waals surface area contributed by atoms with E-state index in [0.29, 0.717) is 19.3 Å². The maximum atomic E-state index is 12.2. The summed E-state index contributed by atoms with van der Waals surface area (Å²) in [6.45, 7) is 14.0. The van der Waals surface area contributed by atoms with Crippen LogP contribution in [0.2, 0.25) is 0 Å². The highest BCUT2D eigenvalue weighted by molar-refractivity contribution is 5.92. The quantitative estimate of drug-likeness (QED) is 0.777. The Balaban J connectivity index is 2.40. The molecule has 3 heteroatoms. The molecule has 1 saturated carbocycles. The standard InChI is InChI=1S/C20H32O3/c1-7-18(4,23)8-9-19(5)14(3)16(22)12-20(6)13(2)10-15(21)11-17(19)20/h7,10,14,16-17,22-23H,1,8-9,11-12H2,2-6H3/t14-,16+,17+,18-,19-,20-/m0/s1. The normalized spacial score (nSPS) is 43.3. The van der Waals surface area contributed by atoms with Crippen LogP contribution < -0.4 is 0 Å². The van der Waals surface area contributed by atoms with Crippen molar-refractivity contribution < 1.29 is 15.0 Å². The van der Waals surface area contributed by atoms with Crippen LogP contribution in [0.3, 0.4) is 0 Å². The van der Waals surface area contributed by atoms with Crippen molar-refractivity contribution in [3.63, 3.8) is 0 Å². The first-order valence-electron chi connectivity index (χ1n) is 8.72. The van der Waals surface area contributed by atoms with Gasteiger partial charge in [0.1, 0.15) is 0 Å². The van der Waals surface area contributed by atoms with Crippen molar-refractivity contribution in [2.45, 2.75) is 72.0 Å². The summed E-state index contributed by atoms with van der Waals surface area (Å²) in [4.78, 5) is 12.2. The highest BCUT2D eigenvalue weighted by Crippen LogP contribution is 2.61. The molecule has 0 unspecified atom stereocenters. The van der Waals surface area contributed by atoms with Crippen LogP contribution in [-0.2, 0) is 4.79 Å². The van der Waals surface area contributed by atoms with Gasteiger partial charge in [-0.15, -0.1) is 6.58 Å². The average molecular weight is 320 g/mol. The second-order valence-electron chi connectivity index (χ2n) is 8.60. The molecule has 0 bridgehead atoms. The van der Waals surface area contributed by atoms with Crippen LogP contribution in [0.1, 0.15) is 60.3 Å². The van der Waals surface area contributed by atoms with Crippen LogP contribution in [0.5, 0.6) is 0 Å². The Kier molecular flexibility index (Phi) is 4.69. The predicted octanol–water partition coefficient (Wildman–Crippen LogP) is 3.65. The van der Waals surface area contributed by atoms with Crippen molar-refractivity contribution >= 4 is 5.78 Å². The molecule has 6 atom stereocenters. The second kappa shape index (κ2) is 5.86. The van der Waals surface area contributed by atoms with E-state index < -0.39 is 5.60 Å². The van der Waals surface area contributed by atoms with Gasteiger partial charge in [0.2, 0.25) is 0 Å². The van der Waals surface area contributed by atoms with Crippen molar-refractivity contribution in [3.05, 3.63) is 24.3 Å². The lowest BCUT2D eigenvalue weighted by molar-refractivity contribution is -0.138. The van der Waals surface area contributed by atoms with Gasteiger partial charge in [-0.25, -0.2) is 0 Å². The minimum Gasteiger partial charge on any atom is -0.393 e. The van der Waals surface area contributed by atoms with Gasteiger partial charge in [0.05, 0.1) is 11.7 Å². The molecule has 0 spiro atoms. The van der Waals surface area contributed by atoms with Gasteiger partial charge in [-0.3, -0.25) is 4.79 Å². The van der Waals surface area contributed by atoms with Crippen LogP contribution in [0.4, 0.5) is 0 Å². The van der Waals surface area contributed by atoms with E-state index in [1.54, 1.807) is 19.1 Å². The van der Waals surface area contributed by atoms with Gasteiger partial charge < -0.3 is 10.2 Å². The van der Waals surface area contributed by atoms with Gasteiger partial charge in [-0.1, -0.05) is 32.4 Å². The van der Waals surface area contributed by atoms with E-state index in [1.807, 2.05) is 6.92 Å². The number of aliphatic hydroxyl groups excluding tert-OH is 1. The van der Waals surface area contributed by atoms with Gasteiger partial charge in [0.15, 0.2) is 5.78 Å². The first kappa shape index (κ1) is 18.4. The summed E-state index contributed by atoms with van der Waals surface area (Å²) in [7, 11) is 0. The minimum atomic E-state index is -0.912. The third-order valence-corrected chi connectivity index (χ3v) is 7.11. The van der Waals surface area contributed by atoms with Gasteiger partial charge in [0, 0.05) is 6.42 Å². The van der Waals surface area contributed by atoms with E-state index in [2.05, 4.69) is 27.4 Å². The SMILES string of the molecule is C=C[C@](C)(O)CC[C@]1(C)[C@H]2CC(=O)C=C(C)[C@]2(C)C[C@@H](O)[C@@H]1C. The minimum absolute atomic E-state index is 0.0971. The number of hydrogen-bond donors (Lipinski definition) is 2. The Morgan fingerprint density at radius 1 is 1.48 bits per heavy atom. The smallest absolute Gasteiger partial charge is 0.155 e. The third-order valence-electron chi connectivity index (χ3n) is 7.11. The molecule has 0 aromatic heterocycles. The zero-order chi connectivity index (χ0) is 17.6. The van der Waals surface area contributed by atoms with E-state index in [4.69, 9.17) is 0 Å². The zero-order valence-corrected chi connectivity index (χ0v) is 15.2. The number of carbonyl (C=O) groups excluding carboxylic acids is 1. The number of rotatable bonds is 4. The predicted molar refractivity (Wildman–Crippen MR) is 92.9 cm³/mol. The molecular formula is C20H32O3. The van der Waals surface area contributed by atoms with Crippen molar-refractivity contribution in [2.24, 2.45) is 22.7 Å². The lowest BCUT2D eigenvalue weighted by Gasteiger charge is -2.59. The van der Waals surface area contributed by atoms with Crippen molar-refractivity contribution in [2.75, 3.05) is 0 Å². The van der Waals surface area contributed by atoms with Gasteiger partial charge in [-0.05, 0) is 61.9 Å². The lowest BCUT2D eigenvalue weighted by Crippen LogP contribution is -2.56. The molecule has 0 radical (unpaired) electrons. The summed E-state index contributed by atoms with van der Waals surface area (Å²) in [6, 6.07) is 0. The average Bonchev–Trinajstić information content (AvgIpc) is 2.47. The van der Waals surface area contributed by atoms with Gasteiger partial charge in [0.25, 0.3) is 0 Å². The van der Waals surface area contributed by atoms with E-state index in [9.17, 15) is 15.0 Å². The molecule has 0 aliphatic heterocycles. The van der Waals surface area contributed by atoms with E-state index in [0.717, 1.165) is 12.0 Å². The Bertz CT molecular complexity index is 533. The molecule has 2 aliphatic rings. The maximum absolute atomic E-state index is 12.2. The molecule has 0 heterocycles. The fourth-order valence-corrected chi connectivity index (χ4v) is 4.83. The van der Waals surface area contributed by atoms with E-state index in [-0.39, 0.29) is 34.6 Å². The summed E-state index contributed by atoms with van der Waals surface area (Å²) in [5, 5.41) is 21.0.